The average molecular weight is 274 g/mol. The molecule has 0 radical (unpaired) electrons. The van der Waals surface area contributed by atoms with Gasteiger partial charge >= 0.3 is 0 Å². The lowest BCUT2D eigenvalue weighted by Crippen LogP contribution is -2.10. The molecule has 0 saturated carbocycles. The van der Waals surface area contributed by atoms with Crippen molar-refractivity contribution in [2.24, 2.45) is 0 Å². The van der Waals surface area contributed by atoms with Gasteiger partial charge < -0.3 is 10.2 Å². The predicted molar refractivity (Wildman–Crippen MR) is 85.0 cm³/mol. The van der Waals surface area contributed by atoms with Crippen LogP contribution in [0.5, 0.6) is 0 Å². The zero-order valence-corrected chi connectivity index (χ0v) is 13.0. The summed E-state index contributed by atoms with van der Waals surface area (Å²) in [6, 6.07) is 11.0. The summed E-state index contributed by atoms with van der Waals surface area (Å²) < 4.78 is 0. The topological polar surface area (TPSA) is 15.3 Å². The maximum Gasteiger partial charge on any atom is 0.0411 e. The number of aryl methyl sites for hydroxylation is 2. The average Bonchev–Trinajstić information content (AvgIpc) is 2.66. The van der Waals surface area contributed by atoms with E-state index in [0.717, 1.165) is 13.1 Å². The highest BCUT2D eigenvalue weighted by molar-refractivity contribution is 7.12. The molecular weight excluding hydrogens is 252 g/mol. The third-order valence-corrected chi connectivity index (χ3v) is 4.09. The first kappa shape index (κ1) is 14.1. The van der Waals surface area contributed by atoms with E-state index in [0.29, 0.717) is 0 Å². The minimum absolute atomic E-state index is 0.906. The van der Waals surface area contributed by atoms with E-state index in [1.165, 1.54) is 26.6 Å². The molecule has 0 fully saturated rings. The van der Waals surface area contributed by atoms with E-state index >= 15 is 0 Å². The van der Waals surface area contributed by atoms with Crippen molar-refractivity contribution in [1.29, 1.82) is 0 Å². The lowest BCUT2D eigenvalue weighted by Gasteiger charge is -2.11. The van der Waals surface area contributed by atoms with Crippen LogP contribution in [0.4, 0.5) is 5.69 Å². The molecule has 0 amide bonds. The monoisotopic (exact) mass is 274 g/mol. The van der Waals surface area contributed by atoms with Crippen molar-refractivity contribution in [3.63, 3.8) is 0 Å². The first-order valence-corrected chi connectivity index (χ1v) is 7.39. The van der Waals surface area contributed by atoms with Crippen LogP contribution in [-0.4, -0.2) is 19.0 Å². The molecule has 2 nitrogen and oxygen atoms in total. The molecule has 1 aromatic carbocycles. The second kappa shape index (κ2) is 6.22. The van der Waals surface area contributed by atoms with Crippen LogP contribution in [0.3, 0.4) is 0 Å². The van der Waals surface area contributed by atoms with Gasteiger partial charge in [-0.3, -0.25) is 0 Å². The number of nitrogens with zero attached hydrogens (tertiary/aromatic N) is 1. The van der Waals surface area contributed by atoms with Crippen molar-refractivity contribution in [3.8, 4) is 0 Å². The second-order valence-corrected chi connectivity index (χ2v) is 6.69. The smallest absolute Gasteiger partial charge is 0.0411 e. The molecule has 1 heterocycles. The van der Waals surface area contributed by atoms with Gasteiger partial charge in [-0.2, -0.15) is 0 Å². The predicted octanol–water partition coefficient (Wildman–Crippen LogP) is 4.04. The summed E-state index contributed by atoms with van der Waals surface area (Å²) in [7, 11) is 4.18. The third-order valence-electron chi connectivity index (χ3n) is 3.08. The lowest BCUT2D eigenvalue weighted by atomic mass is 10.2. The molecule has 2 aromatic rings. The Bertz CT molecular complexity index is 526. The number of hydrogen-bond donors (Lipinski definition) is 1. The van der Waals surface area contributed by atoms with Gasteiger partial charge in [0.1, 0.15) is 0 Å². The van der Waals surface area contributed by atoms with E-state index in [2.05, 4.69) is 68.5 Å². The zero-order chi connectivity index (χ0) is 13.8. The van der Waals surface area contributed by atoms with Crippen LogP contribution in [0, 0.1) is 13.8 Å². The van der Waals surface area contributed by atoms with Gasteiger partial charge in [-0.15, -0.1) is 11.3 Å². The Morgan fingerprint density at radius 3 is 2.32 bits per heavy atom. The minimum Gasteiger partial charge on any atom is -0.381 e. The number of thiophene rings is 1. The van der Waals surface area contributed by atoms with Gasteiger partial charge in [0.05, 0.1) is 0 Å². The molecule has 0 unspecified atom stereocenters. The summed E-state index contributed by atoms with van der Waals surface area (Å²) in [5.41, 5.74) is 3.93. The summed E-state index contributed by atoms with van der Waals surface area (Å²) in [6.07, 6.45) is 0. The van der Waals surface area contributed by atoms with Crippen LogP contribution in [0.15, 0.2) is 30.3 Å². The minimum atomic E-state index is 0.906. The maximum absolute atomic E-state index is 3.49. The van der Waals surface area contributed by atoms with Gasteiger partial charge in [-0.1, -0.05) is 12.1 Å². The van der Waals surface area contributed by atoms with E-state index in [1.807, 2.05) is 11.3 Å². The molecular formula is C16H22N2S. The molecule has 3 heteroatoms. The van der Waals surface area contributed by atoms with Gasteiger partial charge in [0.15, 0.2) is 0 Å². The van der Waals surface area contributed by atoms with Crippen molar-refractivity contribution in [2.45, 2.75) is 26.9 Å². The second-order valence-electron chi connectivity index (χ2n) is 5.23. The standard InChI is InChI=1S/C16H22N2S/c1-12-9-15(13(2)19-12)10-17-16-7-5-14(6-8-16)11-18(3)4/h5-9,17H,10-11H2,1-4H3. The third kappa shape index (κ3) is 4.08. The van der Waals surface area contributed by atoms with Gasteiger partial charge in [-0.05, 0) is 57.3 Å². The largest absolute Gasteiger partial charge is 0.381 e. The Morgan fingerprint density at radius 2 is 1.79 bits per heavy atom. The molecule has 0 atom stereocenters. The molecule has 19 heavy (non-hydrogen) atoms. The fourth-order valence-corrected chi connectivity index (χ4v) is 3.10. The van der Waals surface area contributed by atoms with Crippen molar-refractivity contribution in [3.05, 3.63) is 51.2 Å². The number of hydrogen-bond acceptors (Lipinski definition) is 3. The Balaban J connectivity index is 1.94. The molecule has 0 saturated heterocycles. The molecule has 0 bridgehead atoms. The molecule has 102 valence electrons. The molecule has 0 aliphatic heterocycles. The van der Waals surface area contributed by atoms with E-state index in [4.69, 9.17) is 0 Å². The summed E-state index contributed by atoms with van der Waals surface area (Å²) in [5, 5.41) is 3.49. The number of rotatable bonds is 5. The van der Waals surface area contributed by atoms with E-state index in [1.54, 1.807) is 0 Å². The van der Waals surface area contributed by atoms with Gasteiger partial charge in [0.25, 0.3) is 0 Å². The first-order chi connectivity index (χ1) is 9.04. The van der Waals surface area contributed by atoms with Crippen molar-refractivity contribution >= 4 is 17.0 Å². The summed E-state index contributed by atoms with van der Waals surface area (Å²) >= 11 is 1.87. The molecule has 0 aliphatic carbocycles. The van der Waals surface area contributed by atoms with Crippen LogP contribution in [0.1, 0.15) is 20.9 Å². The Kier molecular flexibility index (Phi) is 4.61. The molecule has 1 aromatic heterocycles. The first-order valence-electron chi connectivity index (χ1n) is 6.58. The Labute approximate surface area is 120 Å². The van der Waals surface area contributed by atoms with Crippen LogP contribution < -0.4 is 5.32 Å². The van der Waals surface area contributed by atoms with Crippen molar-refractivity contribution in [2.75, 3.05) is 19.4 Å². The Morgan fingerprint density at radius 1 is 1.11 bits per heavy atom. The van der Waals surface area contributed by atoms with Crippen molar-refractivity contribution in [1.82, 2.24) is 4.90 Å². The van der Waals surface area contributed by atoms with E-state index < -0.39 is 0 Å². The van der Waals surface area contributed by atoms with Gasteiger partial charge in [0, 0.05) is 28.5 Å². The highest BCUT2D eigenvalue weighted by atomic mass is 32.1. The SMILES string of the molecule is Cc1cc(CNc2ccc(CN(C)C)cc2)c(C)s1. The molecule has 1 N–H and O–H groups in total. The lowest BCUT2D eigenvalue weighted by molar-refractivity contribution is 0.402. The highest BCUT2D eigenvalue weighted by Gasteiger charge is 2.02. The summed E-state index contributed by atoms with van der Waals surface area (Å²) in [4.78, 5) is 4.98. The summed E-state index contributed by atoms with van der Waals surface area (Å²) in [5.74, 6) is 0. The number of nitrogens with one attached hydrogen (secondary N) is 1. The molecule has 2 rings (SSSR count). The molecule has 0 spiro atoms. The van der Waals surface area contributed by atoms with Gasteiger partial charge in [-0.25, -0.2) is 0 Å². The molecule has 0 aliphatic rings. The number of benzene rings is 1. The van der Waals surface area contributed by atoms with E-state index in [-0.39, 0.29) is 0 Å². The summed E-state index contributed by atoms with van der Waals surface area (Å²) in [6.45, 7) is 6.25. The van der Waals surface area contributed by atoms with Gasteiger partial charge in [0.2, 0.25) is 0 Å². The van der Waals surface area contributed by atoms with Crippen LogP contribution in [0.25, 0.3) is 0 Å². The zero-order valence-electron chi connectivity index (χ0n) is 12.2. The van der Waals surface area contributed by atoms with E-state index in [9.17, 15) is 0 Å². The fraction of sp³-hybridized carbons (Fsp3) is 0.375. The Hall–Kier alpha value is -1.32. The van der Waals surface area contributed by atoms with Crippen LogP contribution in [-0.2, 0) is 13.1 Å². The maximum atomic E-state index is 3.49. The van der Waals surface area contributed by atoms with Crippen LogP contribution >= 0.6 is 11.3 Å². The number of anilines is 1. The highest BCUT2D eigenvalue weighted by Crippen LogP contribution is 2.21. The normalized spacial score (nSPS) is 11.0. The quantitative estimate of drug-likeness (QED) is 0.885. The van der Waals surface area contributed by atoms with Crippen molar-refractivity contribution < 1.29 is 0 Å². The van der Waals surface area contributed by atoms with Crippen LogP contribution in [0.2, 0.25) is 0 Å². The fourth-order valence-electron chi connectivity index (χ4n) is 2.15.